The first-order valence-corrected chi connectivity index (χ1v) is 4.99. The second-order valence-corrected chi connectivity index (χ2v) is 4.06. The molecule has 13 heavy (non-hydrogen) atoms. The molecule has 3 heteroatoms. The summed E-state index contributed by atoms with van der Waals surface area (Å²) >= 11 is 0. The van der Waals surface area contributed by atoms with Crippen LogP contribution in [0.2, 0.25) is 0 Å². The van der Waals surface area contributed by atoms with Crippen LogP contribution in [0.1, 0.15) is 38.5 Å². The number of hydrogen-bond acceptors (Lipinski definition) is 3. The Morgan fingerprint density at radius 1 is 0.923 bits per heavy atom. The maximum atomic E-state index is 11.1. The monoisotopic (exact) mass is 182 g/mol. The van der Waals surface area contributed by atoms with Crippen LogP contribution in [0.25, 0.3) is 0 Å². The van der Waals surface area contributed by atoms with E-state index in [0.29, 0.717) is 24.7 Å². The van der Waals surface area contributed by atoms with Crippen molar-refractivity contribution < 1.29 is 14.3 Å². The highest BCUT2D eigenvalue weighted by molar-refractivity contribution is 5.86. The second-order valence-electron chi connectivity index (χ2n) is 4.06. The van der Waals surface area contributed by atoms with Crippen molar-refractivity contribution in [2.24, 2.45) is 11.8 Å². The van der Waals surface area contributed by atoms with E-state index in [1.807, 2.05) is 0 Å². The molecule has 0 N–H and O–H groups in total. The zero-order valence-corrected chi connectivity index (χ0v) is 7.62. The molecule has 2 rings (SSSR count). The number of carbonyl (C=O) groups is 2. The molecule has 1 aliphatic heterocycles. The maximum Gasteiger partial charge on any atom is 0.313 e. The summed E-state index contributed by atoms with van der Waals surface area (Å²) in [6, 6.07) is 0. The third-order valence-corrected chi connectivity index (χ3v) is 3.15. The molecule has 0 amide bonds. The lowest BCUT2D eigenvalue weighted by molar-refractivity contribution is -0.158. The summed E-state index contributed by atoms with van der Waals surface area (Å²) < 4.78 is 4.63. The topological polar surface area (TPSA) is 43.4 Å². The van der Waals surface area contributed by atoms with E-state index >= 15 is 0 Å². The lowest BCUT2D eigenvalue weighted by Gasteiger charge is -2.27. The minimum atomic E-state index is -0.320. The summed E-state index contributed by atoms with van der Waals surface area (Å²) in [5.74, 6) is 0.180. The van der Waals surface area contributed by atoms with Gasteiger partial charge in [0.05, 0.1) is 0 Å². The summed E-state index contributed by atoms with van der Waals surface area (Å²) in [5.41, 5.74) is 0. The molecule has 0 spiro atoms. The fraction of sp³-hybridized carbons (Fsp3) is 0.800. The Morgan fingerprint density at radius 3 is 1.85 bits per heavy atom. The summed E-state index contributed by atoms with van der Waals surface area (Å²) in [4.78, 5) is 22.2. The minimum absolute atomic E-state index is 0.320. The molecule has 1 saturated carbocycles. The molecule has 1 saturated heterocycles. The highest BCUT2D eigenvalue weighted by Crippen LogP contribution is 2.36. The molecule has 2 unspecified atom stereocenters. The Morgan fingerprint density at radius 2 is 1.38 bits per heavy atom. The largest absolute Gasteiger partial charge is 0.393 e. The van der Waals surface area contributed by atoms with Crippen LogP contribution in [0.3, 0.4) is 0 Å². The maximum absolute atomic E-state index is 11.1. The Balaban J connectivity index is 2.09. The normalized spacial score (nSPS) is 34.8. The second kappa shape index (κ2) is 3.48. The summed E-state index contributed by atoms with van der Waals surface area (Å²) in [6.07, 6.45) is 5.48. The van der Waals surface area contributed by atoms with Crippen LogP contribution in [-0.2, 0) is 14.3 Å². The number of rotatable bonds is 0. The quantitative estimate of drug-likeness (QED) is 0.422. The van der Waals surface area contributed by atoms with Gasteiger partial charge in [-0.1, -0.05) is 12.8 Å². The van der Waals surface area contributed by atoms with Gasteiger partial charge in [-0.2, -0.15) is 0 Å². The molecule has 2 fully saturated rings. The molecule has 1 aliphatic carbocycles. The van der Waals surface area contributed by atoms with Crippen molar-refractivity contribution in [3.05, 3.63) is 0 Å². The Kier molecular flexibility index (Phi) is 2.34. The van der Waals surface area contributed by atoms with E-state index < -0.39 is 0 Å². The Hall–Kier alpha value is -0.860. The van der Waals surface area contributed by atoms with Gasteiger partial charge in [-0.3, -0.25) is 9.59 Å². The highest BCUT2D eigenvalue weighted by atomic mass is 16.6. The van der Waals surface area contributed by atoms with Crippen molar-refractivity contribution in [1.82, 2.24) is 0 Å². The van der Waals surface area contributed by atoms with Gasteiger partial charge in [0.15, 0.2) is 0 Å². The van der Waals surface area contributed by atoms with E-state index in [2.05, 4.69) is 4.74 Å². The van der Waals surface area contributed by atoms with Crippen LogP contribution < -0.4 is 0 Å². The molecule has 0 aromatic carbocycles. The fourth-order valence-corrected chi connectivity index (χ4v) is 2.46. The fourth-order valence-electron chi connectivity index (χ4n) is 2.46. The molecule has 0 aromatic heterocycles. The molecule has 0 aromatic rings. The van der Waals surface area contributed by atoms with Gasteiger partial charge in [0, 0.05) is 12.8 Å². The van der Waals surface area contributed by atoms with Crippen LogP contribution in [0.4, 0.5) is 0 Å². The molecule has 3 nitrogen and oxygen atoms in total. The van der Waals surface area contributed by atoms with Gasteiger partial charge < -0.3 is 4.74 Å². The van der Waals surface area contributed by atoms with Crippen LogP contribution in [-0.4, -0.2) is 11.9 Å². The van der Waals surface area contributed by atoms with Crippen LogP contribution in [0.5, 0.6) is 0 Å². The van der Waals surface area contributed by atoms with Crippen molar-refractivity contribution in [3.63, 3.8) is 0 Å². The van der Waals surface area contributed by atoms with Gasteiger partial charge in [0.1, 0.15) is 0 Å². The molecular weight excluding hydrogens is 168 g/mol. The van der Waals surface area contributed by atoms with E-state index in [9.17, 15) is 9.59 Å². The third-order valence-electron chi connectivity index (χ3n) is 3.15. The molecule has 72 valence electrons. The molecule has 2 aliphatic rings. The minimum Gasteiger partial charge on any atom is -0.393 e. The zero-order valence-electron chi connectivity index (χ0n) is 7.62. The number of hydrogen-bond donors (Lipinski definition) is 0. The average molecular weight is 182 g/mol. The smallest absolute Gasteiger partial charge is 0.313 e. The van der Waals surface area contributed by atoms with Gasteiger partial charge in [-0.05, 0) is 24.7 Å². The van der Waals surface area contributed by atoms with Gasteiger partial charge in [0.2, 0.25) is 0 Å². The first-order valence-electron chi connectivity index (χ1n) is 4.99. The zero-order chi connectivity index (χ0) is 9.26. The molecule has 1 heterocycles. The van der Waals surface area contributed by atoms with Crippen LogP contribution in [0.15, 0.2) is 0 Å². The molecule has 2 atom stereocenters. The highest BCUT2D eigenvalue weighted by Gasteiger charge is 2.33. The number of fused-ring (bicyclic) bond motifs is 1. The first-order chi connectivity index (χ1) is 6.25. The Labute approximate surface area is 77.4 Å². The summed E-state index contributed by atoms with van der Waals surface area (Å²) in [7, 11) is 0. The van der Waals surface area contributed by atoms with Crippen molar-refractivity contribution in [2.45, 2.75) is 38.5 Å². The molecule has 0 radical (unpaired) electrons. The van der Waals surface area contributed by atoms with E-state index in [1.165, 1.54) is 12.8 Å². The van der Waals surface area contributed by atoms with Crippen LogP contribution >= 0.6 is 0 Å². The number of esters is 2. The van der Waals surface area contributed by atoms with Crippen molar-refractivity contribution in [2.75, 3.05) is 0 Å². The molecular formula is C10H14O3. The van der Waals surface area contributed by atoms with Gasteiger partial charge in [0.25, 0.3) is 0 Å². The lowest BCUT2D eigenvalue weighted by Crippen LogP contribution is -2.20. The third kappa shape index (κ3) is 1.90. The lowest BCUT2D eigenvalue weighted by atomic mass is 9.76. The SMILES string of the molecule is O=C1CC2CCCCC2CC(=O)O1. The van der Waals surface area contributed by atoms with E-state index in [-0.39, 0.29) is 11.9 Å². The predicted molar refractivity (Wildman–Crippen MR) is 45.8 cm³/mol. The van der Waals surface area contributed by atoms with E-state index in [0.717, 1.165) is 12.8 Å². The number of cyclic esters (lactones) is 2. The number of carbonyl (C=O) groups excluding carboxylic acids is 2. The van der Waals surface area contributed by atoms with Gasteiger partial charge >= 0.3 is 11.9 Å². The Bertz CT molecular complexity index is 210. The standard InChI is InChI=1S/C10H14O3/c11-9-5-7-3-1-2-4-8(7)6-10(12)13-9/h7-8H,1-6H2. The van der Waals surface area contributed by atoms with Crippen molar-refractivity contribution >= 4 is 11.9 Å². The average Bonchev–Trinajstić information content (AvgIpc) is 2.20. The van der Waals surface area contributed by atoms with Gasteiger partial charge in [-0.15, -0.1) is 0 Å². The van der Waals surface area contributed by atoms with Gasteiger partial charge in [-0.25, -0.2) is 0 Å². The summed E-state index contributed by atoms with van der Waals surface area (Å²) in [5, 5.41) is 0. The van der Waals surface area contributed by atoms with Crippen molar-refractivity contribution in [1.29, 1.82) is 0 Å². The van der Waals surface area contributed by atoms with Crippen molar-refractivity contribution in [3.8, 4) is 0 Å². The first kappa shape index (κ1) is 8.73. The van der Waals surface area contributed by atoms with E-state index in [4.69, 9.17) is 0 Å². The summed E-state index contributed by atoms with van der Waals surface area (Å²) in [6.45, 7) is 0. The number of ether oxygens (including phenoxy) is 1. The molecule has 0 bridgehead atoms. The predicted octanol–water partition coefficient (Wildman–Crippen LogP) is 1.66. The van der Waals surface area contributed by atoms with Crippen LogP contribution in [0, 0.1) is 11.8 Å². The van der Waals surface area contributed by atoms with E-state index in [1.54, 1.807) is 0 Å².